The number of para-hydroxylation sites is 3. The van der Waals surface area contributed by atoms with Crippen LogP contribution in [0.15, 0.2) is 139 Å². The van der Waals surface area contributed by atoms with Gasteiger partial charge in [-0.05, 0) is 72.2 Å². The average molecular weight is 463 g/mol. The van der Waals surface area contributed by atoms with Gasteiger partial charge in [0.1, 0.15) is 0 Å². The van der Waals surface area contributed by atoms with Crippen molar-refractivity contribution in [2.75, 3.05) is 4.90 Å². The maximum absolute atomic E-state index is 2.47. The lowest BCUT2D eigenvalue weighted by Crippen LogP contribution is -2.18. The highest BCUT2D eigenvalue weighted by molar-refractivity contribution is 6.21. The zero-order chi connectivity index (χ0) is 23.9. The normalized spacial score (nSPS) is 13.7. The summed E-state index contributed by atoms with van der Waals surface area (Å²) in [5.41, 5.74) is 7.57. The van der Waals surface area contributed by atoms with Crippen LogP contribution in [0.25, 0.3) is 38.3 Å². The Morgan fingerprint density at radius 1 is 0.500 bits per heavy atom. The molecule has 0 saturated heterocycles. The van der Waals surface area contributed by atoms with Crippen LogP contribution in [-0.4, -0.2) is 4.57 Å². The van der Waals surface area contributed by atoms with Crippen LogP contribution in [0.2, 0.25) is 0 Å². The second-order valence-electron chi connectivity index (χ2n) is 9.36. The van der Waals surface area contributed by atoms with Crippen molar-refractivity contribution in [3.8, 4) is 0 Å². The van der Waals surface area contributed by atoms with Gasteiger partial charge in [0.25, 0.3) is 0 Å². The molecule has 0 saturated carbocycles. The molecule has 2 heteroatoms. The first-order chi connectivity index (χ1) is 17.9. The molecule has 2 nitrogen and oxygen atoms in total. The SMILES string of the molecule is C1=C(N(c2ccccc2)c2ccccc2)CCC(n2c3ccccc3c3c4ccccc4ccc32)=C1. The lowest BCUT2D eigenvalue weighted by atomic mass is 10.0. The van der Waals surface area contributed by atoms with E-state index < -0.39 is 0 Å². The van der Waals surface area contributed by atoms with E-state index in [-0.39, 0.29) is 0 Å². The minimum Gasteiger partial charge on any atom is -0.314 e. The van der Waals surface area contributed by atoms with Crippen LogP contribution in [0.4, 0.5) is 11.4 Å². The van der Waals surface area contributed by atoms with Crippen LogP contribution in [0.3, 0.4) is 0 Å². The van der Waals surface area contributed by atoms with Crippen molar-refractivity contribution in [2.24, 2.45) is 0 Å². The van der Waals surface area contributed by atoms with Gasteiger partial charge in [-0.3, -0.25) is 0 Å². The van der Waals surface area contributed by atoms with E-state index in [4.69, 9.17) is 0 Å². The molecule has 1 aromatic heterocycles. The topological polar surface area (TPSA) is 8.17 Å². The second kappa shape index (κ2) is 8.58. The average Bonchev–Trinajstić information content (AvgIpc) is 3.30. The van der Waals surface area contributed by atoms with Crippen LogP contribution in [0, 0.1) is 0 Å². The molecule has 6 aromatic rings. The minimum absolute atomic E-state index is 0.969. The summed E-state index contributed by atoms with van der Waals surface area (Å²) in [4.78, 5) is 2.38. The molecule has 0 radical (unpaired) electrons. The Hall–Kier alpha value is -4.56. The molecule has 1 aliphatic carbocycles. The molecule has 1 aliphatic rings. The Labute approximate surface area is 211 Å². The maximum Gasteiger partial charge on any atom is 0.0544 e. The first-order valence-electron chi connectivity index (χ1n) is 12.6. The Bertz CT molecular complexity index is 1730. The number of hydrogen-bond acceptors (Lipinski definition) is 1. The molecule has 0 fully saturated rings. The van der Waals surface area contributed by atoms with Gasteiger partial charge in [0.15, 0.2) is 0 Å². The van der Waals surface area contributed by atoms with Crippen LogP contribution in [0.5, 0.6) is 0 Å². The van der Waals surface area contributed by atoms with E-state index in [1.165, 1.54) is 55.3 Å². The quantitative estimate of drug-likeness (QED) is 0.253. The molecule has 1 heterocycles. The van der Waals surface area contributed by atoms with Gasteiger partial charge in [-0.15, -0.1) is 0 Å². The summed E-state index contributed by atoms with van der Waals surface area (Å²) >= 11 is 0. The van der Waals surface area contributed by atoms with Gasteiger partial charge in [-0.1, -0.05) is 84.9 Å². The molecule has 0 aliphatic heterocycles. The molecule has 0 spiro atoms. The third-order valence-corrected chi connectivity index (χ3v) is 7.27. The second-order valence-corrected chi connectivity index (χ2v) is 9.36. The molecular formula is C34H26N2. The number of nitrogens with zero attached hydrogens (tertiary/aromatic N) is 2. The van der Waals surface area contributed by atoms with E-state index in [1.807, 2.05) is 0 Å². The van der Waals surface area contributed by atoms with Crippen molar-refractivity contribution < 1.29 is 0 Å². The van der Waals surface area contributed by atoms with Crippen LogP contribution in [0.1, 0.15) is 12.8 Å². The third kappa shape index (κ3) is 3.34. The Kier molecular flexibility index (Phi) is 4.96. The predicted octanol–water partition coefficient (Wildman–Crippen LogP) is 9.30. The molecular weight excluding hydrogens is 436 g/mol. The van der Waals surface area contributed by atoms with E-state index in [2.05, 4.69) is 143 Å². The van der Waals surface area contributed by atoms with Gasteiger partial charge in [0.05, 0.1) is 11.0 Å². The lowest BCUT2D eigenvalue weighted by Gasteiger charge is -2.30. The van der Waals surface area contributed by atoms with E-state index in [9.17, 15) is 0 Å². The number of benzene rings is 5. The van der Waals surface area contributed by atoms with Crippen LogP contribution < -0.4 is 4.90 Å². The van der Waals surface area contributed by atoms with Gasteiger partial charge >= 0.3 is 0 Å². The van der Waals surface area contributed by atoms with Crippen LogP contribution >= 0.6 is 0 Å². The fourth-order valence-electron chi connectivity index (χ4n) is 5.67. The van der Waals surface area contributed by atoms with Gasteiger partial charge in [-0.25, -0.2) is 0 Å². The largest absolute Gasteiger partial charge is 0.314 e. The monoisotopic (exact) mass is 462 g/mol. The number of anilines is 2. The van der Waals surface area contributed by atoms with Gasteiger partial charge < -0.3 is 9.47 Å². The molecule has 5 aromatic carbocycles. The Morgan fingerprint density at radius 3 is 1.83 bits per heavy atom. The number of aromatic nitrogens is 1. The minimum atomic E-state index is 0.969. The highest BCUT2D eigenvalue weighted by atomic mass is 15.1. The molecule has 0 unspecified atom stereocenters. The fraction of sp³-hybridized carbons (Fsp3) is 0.0588. The van der Waals surface area contributed by atoms with Gasteiger partial charge in [0.2, 0.25) is 0 Å². The van der Waals surface area contributed by atoms with Crippen molar-refractivity contribution in [1.29, 1.82) is 0 Å². The summed E-state index contributed by atoms with van der Waals surface area (Å²) in [6.07, 6.45) is 6.57. The molecule has 0 amide bonds. The smallest absolute Gasteiger partial charge is 0.0544 e. The number of allylic oxidation sites excluding steroid dienone is 4. The van der Waals surface area contributed by atoms with Crippen molar-refractivity contribution in [3.63, 3.8) is 0 Å². The molecule has 172 valence electrons. The number of fused-ring (bicyclic) bond motifs is 5. The Balaban J connectivity index is 1.40. The summed E-state index contributed by atoms with van der Waals surface area (Å²) in [6, 6.07) is 43.4. The predicted molar refractivity (Wildman–Crippen MR) is 154 cm³/mol. The molecule has 0 atom stereocenters. The summed E-state index contributed by atoms with van der Waals surface area (Å²) < 4.78 is 2.47. The van der Waals surface area contributed by atoms with E-state index in [1.54, 1.807) is 0 Å². The summed E-state index contributed by atoms with van der Waals surface area (Å²) in [5, 5.41) is 5.26. The first kappa shape index (κ1) is 20.8. The highest BCUT2D eigenvalue weighted by Gasteiger charge is 2.20. The molecule has 7 rings (SSSR count). The van der Waals surface area contributed by atoms with E-state index in [0.29, 0.717) is 0 Å². The maximum atomic E-state index is 2.47. The van der Waals surface area contributed by atoms with Crippen molar-refractivity contribution in [3.05, 3.63) is 139 Å². The van der Waals surface area contributed by atoms with Crippen LogP contribution in [-0.2, 0) is 0 Å². The molecule has 0 bridgehead atoms. The van der Waals surface area contributed by atoms with Crippen molar-refractivity contribution in [2.45, 2.75) is 12.8 Å². The van der Waals surface area contributed by atoms with Crippen molar-refractivity contribution in [1.82, 2.24) is 4.57 Å². The molecule has 36 heavy (non-hydrogen) atoms. The zero-order valence-electron chi connectivity index (χ0n) is 20.0. The Morgan fingerprint density at radius 2 is 1.14 bits per heavy atom. The summed E-state index contributed by atoms with van der Waals surface area (Å²) in [7, 11) is 0. The standard InChI is InChI=1S/C34H26N2/c1-3-12-26(13-4-1)35(27-14-5-2-6-15-27)28-20-22-29(23-21-28)36-32-18-10-9-17-31(32)34-30-16-8-7-11-25(30)19-24-33(34)36/h1-20,22,24H,21,23H2. The van der Waals surface area contributed by atoms with Crippen molar-refractivity contribution >= 4 is 49.7 Å². The highest BCUT2D eigenvalue weighted by Crippen LogP contribution is 2.40. The van der Waals surface area contributed by atoms with E-state index in [0.717, 1.165) is 12.8 Å². The van der Waals surface area contributed by atoms with Gasteiger partial charge in [0, 0.05) is 33.5 Å². The number of rotatable bonds is 4. The summed E-state index contributed by atoms with van der Waals surface area (Å²) in [6.45, 7) is 0. The summed E-state index contributed by atoms with van der Waals surface area (Å²) in [5.74, 6) is 0. The first-order valence-corrected chi connectivity index (χ1v) is 12.6. The zero-order valence-corrected chi connectivity index (χ0v) is 20.0. The molecule has 0 N–H and O–H groups in total. The number of hydrogen-bond donors (Lipinski definition) is 0. The fourth-order valence-corrected chi connectivity index (χ4v) is 5.67. The van der Waals surface area contributed by atoms with E-state index >= 15 is 0 Å². The third-order valence-electron chi connectivity index (χ3n) is 7.27. The lowest BCUT2D eigenvalue weighted by molar-refractivity contribution is 0.895. The van der Waals surface area contributed by atoms with Gasteiger partial charge in [-0.2, -0.15) is 0 Å².